The van der Waals surface area contributed by atoms with E-state index in [4.69, 9.17) is 0 Å². The van der Waals surface area contributed by atoms with Crippen molar-refractivity contribution in [1.82, 2.24) is 5.32 Å². The number of hydrogen-bond acceptors (Lipinski definition) is 4. The van der Waals surface area contributed by atoms with Gasteiger partial charge in [0.15, 0.2) is 0 Å². The number of rotatable bonds is 9. The number of aryl methyl sites for hydroxylation is 1. The Hall–Kier alpha value is -1.99. The van der Waals surface area contributed by atoms with E-state index in [-0.39, 0.29) is 18.5 Å². The molecule has 0 fully saturated rings. The number of thioether (sulfide) groups is 1. The predicted octanol–water partition coefficient (Wildman–Crippen LogP) is 3.31. The van der Waals surface area contributed by atoms with Crippen molar-refractivity contribution in [1.29, 1.82) is 0 Å². The highest BCUT2D eigenvalue weighted by atomic mass is 32.2. The summed E-state index contributed by atoms with van der Waals surface area (Å²) in [6.07, 6.45) is 4.68. The lowest BCUT2D eigenvalue weighted by molar-refractivity contribution is -0.120. The van der Waals surface area contributed by atoms with Gasteiger partial charge in [-0.15, -0.1) is 11.8 Å². The average molecular weight is 407 g/mol. The Bertz CT molecular complexity index is 855. The summed E-state index contributed by atoms with van der Waals surface area (Å²) in [6, 6.07) is 17.2. The van der Waals surface area contributed by atoms with Gasteiger partial charge in [-0.1, -0.05) is 36.4 Å². The number of anilines is 1. The molecule has 0 aliphatic carbocycles. The molecule has 2 rings (SSSR count). The number of sulfonamides is 1. The molecule has 0 saturated carbocycles. The van der Waals surface area contributed by atoms with Crippen molar-refractivity contribution in [3.05, 3.63) is 60.2 Å². The van der Waals surface area contributed by atoms with Gasteiger partial charge in [-0.05, 0) is 49.8 Å². The Balaban J connectivity index is 1.99. The fourth-order valence-corrected chi connectivity index (χ4v) is 4.02. The van der Waals surface area contributed by atoms with Crippen LogP contribution in [0.1, 0.15) is 18.9 Å². The van der Waals surface area contributed by atoms with E-state index in [1.165, 1.54) is 17.3 Å². The lowest BCUT2D eigenvalue weighted by Crippen LogP contribution is -2.43. The second-order valence-electron chi connectivity index (χ2n) is 6.46. The van der Waals surface area contributed by atoms with Gasteiger partial charge in [0, 0.05) is 10.9 Å². The normalized spacial score (nSPS) is 12.4. The molecule has 0 radical (unpaired) electrons. The maximum atomic E-state index is 12.4. The van der Waals surface area contributed by atoms with Crippen LogP contribution in [0.3, 0.4) is 0 Å². The van der Waals surface area contributed by atoms with Crippen LogP contribution in [0.2, 0.25) is 0 Å². The van der Waals surface area contributed by atoms with Crippen molar-refractivity contribution in [3.63, 3.8) is 0 Å². The Labute approximate surface area is 166 Å². The van der Waals surface area contributed by atoms with Crippen LogP contribution in [-0.2, 0) is 21.2 Å². The van der Waals surface area contributed by atoms with Crippen molar-refractivity contribution in [2.24, 2.45) is 0 Å². The summed E-state index contributed by atoms with van der Waals surface area (Å²) in [5, 5.41) is 2.90. The van der Waals surface area contributed by atoms with E-state index in [1.807, 2.05) is 37.4 Å². The Kier molecular flexibility index (Phi) is 7.74. The minimum Gasteiger partial charge on any atom is -0.352 e. The van der Waals surface area contributed by atoms with Gasteiger partial charge in [-0.25, -0.2) is 8.42 Å². The molecule has 0 heterocycles. The molecule has 0 unspecified atom stereocenters. The van der Waals surface area contributed by atoms with Crippen LogP contribution in [-0.4, -0.2) is 39.4 Å². The van der Waals surface area contributed by atoms with Crippen LogP contribution in [0.4, 0.5) is 5.69 Å². The first-order valence-corrected chi connectivity index (χ1v) is 11.8. The maximum Gasteiger partial charge on any atom is 0.240 e. The van der Waals surface area contributed by atoms with Gasteiger partial charge in [0.2, 0.25) is 15.9 Å². The third-order valence-corrected chi connectivity index (χ3v) is 6.01. The topological polar surface area (TPSA) is 66.5 Å². The monoisotopic (exact) mass is 406 g/mol. The summed E-state index contributed by atoms with van der Waals surface area (Å²) >= 11 is 1.52. The fourth-order valence-electron chi connectivity index (χ4n) is 2.72. The lowest BCUT2D eigenvalue weighted by atomic mass is 10.1. The SMILES string of the molecule is CSc1cccc(N(CC(=O)N[C@@H](C)CCc2ccccc2)S(C)(=O)=O)c1. The molecule has 1 atom stereocenters. The first kappa shape index (κ1) is 21.3. The number of carbonyl (C=O) groups is 1. The summed E-state index contributed by atoms with van der Waals surface area (Å²) in [5.74, 6) is -0.310. The molecule has 1 N–H and O–H groups in total. The molecule has 0 bridgehead atoms. The van der Waals surface area contributed by atoms with Crippen LogP contribution < -0.4 is 9.62 Å². The average Bonchev–Trinajstić information content (AvgIpc) is 2.64. The highest BCUT2D eigenvalue weighted by Crippen LogP contribution is 2.23. The Morgan fingerprint density at radius 1 is 1.15 bits per heavy atom. The quantitative estimate of drug-likeness (QED) is 0.649. The van der Waals surface area contributed by atoms with Crippen molar-refractivity contribution >= 4 is 33.4 Å². The fraction of sp³-hybridized carbons (Fsp3) is 0.350. The minimum absolute atomic E-state index is 0.0448. The molecular formula is C20H26N2O3S2. The number of amides is 1. The van der Waals surface area contributed by atoms with E-state index >= 15 is 0 Å². The van der Waals surface area contributed by atoms with Gasteiger partial charge < -0.3 is 5.32 Å². The van der Waals surface area contributed by atoms with E-state index in [1.54, 1.807) is 18.2 Å². The van der Waals surface area contributed by atoms with Crippen LogP contribution in [0.25, 0.3) is 0 Å². The first-order chi connectivity index (χ1) is 12.8. The molecule has 0 aliphatic heterocycles. The first-order valence-electron chi connectivity index (χ1n) is 8.74. The molecule has 2 aromatic carbocycles. The Morgan fingerprint density at radius 3 is 2.48 bits per heavy atom. The molecule has 0 spiro atoms. The smallest absolute Gasteiger partial charge is 0.240 e. The molecule has 0 aliphatic rings. The van der Waals surface area contributed by atoms with E-state index in [9.17, 15) is 13.2 Å². The van der Waals surface area contributed by atoms with E-state index in [0.29, 0.717) is 5.69 Å². The summed E-state index contributed by atoms with van der Waals surface area (Å²) in [7, 11) is -3.57. The summed E-state index contributed by atoms with van der Waals surface area (Å²) in [5.41, 5.74) is 1.71. The van der Waals surface area contributed by atoms with Gasteiger partial charge >= 0.3 is 0 Å². The summed E-state index contributed by atoms with van der Waals surface area (Å²) in [6.45, 7) is 1.70. The van der Waals surface area contributed by atoms with E-state index in [0.717, 1.165) is 28.3 Å². The molecule has 27 heavy (non-hydrogen) atoms. The Morgan fingerprint density at radius 2 is 1.85 bits per heavy atom. The number of nitrogens with zero attached hydrogens (tertiary/aromatic N) is 1. The number of nitrogens with one attached hydrogen (secondary N) is 1. The minimum atomic E-state index is -3.57. The molecule has 0 saturated heterocycles. The molecule has 146 valence electrons. The van der Waals surface area contributed by atoms with Gasteiger partial charge in [0.05, 0.1) is 11.9 Å². The molecular weight excluding hydrogens is 380 g/mol. The van der Waals surface area contributed by atoms with Crippen LogP contribution in [0.5, 0.6) is 0 Å². The third-order valence-electron chi connectivity index (χ3n) is 4.15. The van der Waals surface area contributed by atoms with Crippen LogP contribution in [0, 0.1) is 0 Å². The molecule has 1 amide bonds. The molecule has 5 nitrogen and oxygen atoms in total. The third kappa shape index (κ3) is 6.92. The number of hydrogen-bond donors (Lipinski definition) is 1. The van der Waals surface area contributed by atoms with Crippen LogP contribution in [0.15, 0.2) is 59.5 Å². The lowest BCUT2D eigenvalue weighted by Gasteiger charge is -2.23. The van der Waals surface area contributed by atoms with Gasteiger partial charge in [-0.2, -0.15) is 0 Å². The highest BCUT2D eigenvalue weighted by Gasteiger charge is 2.21. The summed E-state index contributed by atoms with van der Waals surface area (Å²) in [4.78, 5) is 13.4. The molecule has 0 aromatic heterocycles. The summed E-state index contributed by atoms with van der Waals surface area (Å²) < 4.78 is 25.6. The van der Waals surface area contributed by atoms with Gasteiger partial charge in [-0.3, -0.25) is 9.10 Å². The van der Waals surface area contributed by atoms with Crippen LogP contribution >= 0.6 is 11.8 Å². The maximum absolute atomic E-state index is 12.4. The van der Waals surface area contributed by atoms with E-state index in [2.05, 4.69) is 17.4 Å². The zero-order valence-corrected chi connectivity index (χ0v) is 17.5. The van der Waals surface area contributed by atoms with Gasteiger partial charge in [0.25, 0.3) is 0 Å². The van der Waals surface area contributed by atoms with Gasteiger partial charge in [0.1, 0.15) is 6.54 Å². The van der Waals surface area contributed by atoms with E-state index < -0.39 is 10.0 Å². The second-order valence-corrected chi connectivity index (χ2v) is 9.25. The number of benzene rings is 2. The van der Waals surface area contributed by atoms with Crippen molar-refractivity contribution in [3.8, 4) is 0 Å². The van der Waals surface area contributed by atoms with Crippen molar-refractivity contribution in [2.45, 2.75) is 30.7 Å². The highest BCUT2D eigenvalue weighted by molar-refractivity contribution is 7.98. The number of carbonyl (C=O) groups excluding carboxylic acids is 1. The molecule has 2 aromatic rings. The predicted molar refractivity (Wildman–Crippen MR) is 113 cm³/mol. The molecule has 7 heteroatoms. The standard InChI is InChI=1S/C20H26N2O3S2/c1-16(12-13-17-8-5-4-6-9-17)21-20(23)15-22(27(3,24)25)18-10-7-11-19(14-18)26-2/h4-11,14,16H,12-13,15H2,1-3H3,(H,21,23)/t16-/m0/s1. The van der Waals surface area contributed by atoms with Crippen molar-refractivity contribution in [2.75, 3.05) is 23.4 Å². The zero-order valence-electron chi connectivity index (χ0n) is 15.9. The largest absolute Gasteiger partial charge is 0.352 e. The van der Waals surface area contributed by atoms with Crippen molar-refractivity contribution < 1.29 is 13.2 Å². The zero-order chi connectivity index (χ0) is 19.9. The second kappa shape index (κ2) is 9.80.